The number of rotatable bonds is 4. The second-order valence-electron chi connectivity index (χ2n) is 4.37. The van der Waals surface area contributed by atoms with Crippen LogP contribution in [0.5, 0.6) is 17.2 Å². The second kappa shape index (κ2) is 5.58. The average molecular weight is 242 g/mol. The summed E-state index contributed by atoms with van der Waals surface area (Å²) in [6.07, 6.45) is 1.93. The zero-order valence-electron chi connectivity index (χ0n) is 10.8. The molecule has 18 heavy (non-hydrogen) atoms. The third kappa shape index (κ3) is 2.65. The molecule has 2 heteroatoms. The summed E-state index contributed by atoms with van der Waals surface area (Å²) in [6, 6.07) is 13.2. The Morgan fingerprint density at radius 1 is 1.06 bits per heavy atom. The van der Waals surface area contributed by atoms with Crippen molar-refractivity contribution >= 4 is 0 Å². The Kier molecular flexibility index (Phi) is 3.88. The Bertz CT molecular complexity index is 518. The molecule has 0 fully saturated rings. The van der Waals surface area contributed by atoms with Crippen LogP contribution in [0.25, 0.3) is 0 Å². The van der Waals surface area contributed by atoms with Gasteiger partial charge in [-0.25, -0.2) is 0 Å². The zero-order chi connectivity index (χ0) is 13.0. The summed E-state index contributed by atoms with van der Waals surface area (Å²) in [4.78, 5) is 0. The van der Waals surface area contributed by atoms with Crippen molar-refractivity contribution in [3.8, 4) is 17.2 Å². The highest BCUT2D eigenvalue weighted by Crippen LogP contribution is 2.36. The standard InChI is InChI=1S/C16H18O2/c1-3-7-14-12(2)10-11-15(17)16(14)18-13-8-5-4-6-9-13/h4-6,8-11,17H,3,7H2,1-2H3. The zero-order valence-corrected chi connectivity index (χ0v) is 10.8. The van der Waals surface area contributed by atoms with E-state index in [2.05, 4.69) is 6.92 Å². The van der Waals surface area contributed by atoms with Crippen molar-refractivity contribution in [2.45, 2.75) is 26.7 Å². The Morgan fingerprint density at radius 3 is 2.44 bits per heavy atom. The lowest BCUT2D eigenvalue weighted by Gasteiger charge is -2.14. The second-order valence-corrected chi connectivity index (χ2v) is 4.37. The predicted octanol–water partition coefficient (Wildman–Crippen LogP) is 4.45. The number of aromatic hydroxyl groups is 1. The number of benzene rings is 2. The van der Waals surface area contributed by atoms with Gasteiger partial charge in [0.25, 0.3) is 0 Å². The van der Waals surface area contributed by atoms with Crippen molar-refractivity contribution in [2.24, 2.45) is 0 Å². The Labute approximate surface area is 108 Å². The Balaban J connectivity index is 2.39. The highest BCUT2D eigenvalue weighted by Gasteiger charge is 2.12. The van der Waals surface area contributed by atoms with Crippen molar-refractivity contribution in [3.63, 3.8) is 0 Å². The van der Waals surface area contributed by atoms with E-state index in [1.807, 2.05) is 43.3 Å². The molecule has 0 spiro atoms. The molecule has 0 amide bonds. The molecule has 94 valence electrons. The van der Waals surface area contributed by atoms with Gasteiger partial charge in [0.15, 0.2) is 11.5 Å². The molecule has 0 radical (unpaired) electrons. The first kappa shape index (κ1) is 12.5. The third-order valence-corrected chi connectivity index (χ3v) is 2.94. The van der Waals surface area contributed by atoms with E-state index in [1.54, 1.807) is 6.07 Å². The lowest BCUT2D eigenvalue weighted by molar-refractivity contribution is 0.406. The lowest BCUT2D eigenvalue weighted by atomic mass is 10.0. The molecule has 1 N–H and O–H groups in total. The summed E-state index contributed by atoms with van der Waals surface area (Å²) in [5, 5.41) is 9.98. The molecule has 2 rings (SSSR count). The Hall–Kier alpha value is -1.96. The highest BCUT2D eigenvalue weighted by atomic mass is 16.5. The maximum absolute atomic E-state index is 9.98. The number of phenolic OH excluding ortho intramolecular Hbond substituents is 1. The van der Waals surface area contributed by atoms with Crippen LogP contribution in [0.1, 0.15) is 24.5 Å². The smallest absolute Gasteiger partial charge is 0.172 e. The minimum atomic E-state index is 0.202. The van der Waals surface area contributed by atoms with Crippen molar-refractivity contribution in [1.82, 2.24) is 0 Å². The molecule has 0 heterocycles. The summed E-state index contributed by atoms with van der Waals surface area (Å²) in [7, 11) is 0. The van der Waals surface area contributed by atoms with Crippen LogP contribution in [0.4, 0.5) is 0 Å². The van der Waals surface area contributed by atoms with E-state index in [-0.39, 0.29) is 5.75 Å². The van der Waals surface area contributed by atoms with Crippen molar-refractivity contribution in [1.29, 1.82) is 0 Å². The maximum atomic E-state index is 9.98. The molecule has 0 aliphatic rings. The molecule has 0 aromatic heterocycles. The van der Waals surface area contributed by atoms with Crippen LogP contribution in [0.3, 0.4) is 0 Å². The number of phenols is 1. The van der Waals surface area contributed by atoms with E-state index in [0.29, 0.717) is 5.75 Å². The SMILES string of the molecule is CCCc1c(C)ccc(O)c1Oc1ccccc1. The van der Waals surface area contributed by atoms with Crippen molar-refractivity contribution < 1.29 is 9.84 Å². The molecule has 2 nitrogen and oxygen atoms in total. The topological polar surface area (TPSA) is 29.5 Å². The van der Waals surface area contributed by atoms with Crippen LogP contribution in [-0.2, 0) is 6.42 Å². The molecular formula is C16H18O2. The third-order valence-electron chi connectivity index (χ3n) is 2.94. The van der Waals surface area contributed by atoms with E-state index in [9.17, 15) is 5.11 Å². The summed E-state index contributed by atoms with van der Waals surface area (Å²) >= 11 is 0. The maximum Gasteiger partial charge on any atom is 0.172 e. The van der Waals surface area contributed by atoms with Crippen LogP contribution >= 0.6 is 0 Å². The summed E-state index contributed by atoms with van der Waals surface area (Å²) < 4.78 is 5.82. The quantitative estimate of drug-likeness (QED) is 0.858. The fourth-order valence-electron chi connectivity index (χ4n) is 1.99. The molecular weight excluding hydrogens is 224 g/mol. The molecule has 0 saturated heterocycles. The van der Waals surface area contributed by atoms with Gasteiger partial charge < -0.3 is 9.84 Å². The van der Waals surface area contributed by atoms with Gasteiger partial charge in [0.2, 0.25) is 0 Å². The molecule has 2 aromatic rings. The number of ether oxygens (including phenoxy) is 1. The largest absolute Gasteiger partial charge is 0.504 e. The molecule has 0 unspecified atom stereocenters. The number of aryl methyl sites for hydroxylation is 1. The number of hydrogen-bond acceptors (Lipinski definition) is 2. The van der Waals surface area contributed by atoms with E-state index >= 15 is 0 Å². The van der Waals surface area contributed by atoms with E-state index in [4.69, 9.17) is 4.74 Å². The van der Waals surface area contributed by atoms with Crippen LogP contribution in [0.2, 0.25) is 0 Å². The summed E-state index contributed by atoms with van der Waals surface area (Å²) in [6.45, 7) is 4.16. The normalized spacial score (nSPS) is 10.3. The fourth-order valence-corrected chi connectivity index (χ4v) is 1.99. The average Bonchev–Trinajstić information content (AvgIpc) is 2.39. The van der Waals surface area contributed by atoms with Gasteiger partial charge in [-0.3, -0.25) is 0 Å². The predicted molar refractivity (Wildman–Crippen MR) is 73.4 cm³/mol. The fraction of sp³-hybridized carbons (Fsp3) is 0.250. The first-order valence-corrected chi connectivity index (χ1v) is 6.26. The molecule has 0 aliphatic heterocycles. The van der Waals surface area contributed by atoms with Crippen LogP contribution in [0.15, 0.2) is 42.5 Å². The van der Waals surface area contributed by atoms with Gasteiger partial charge in [-0.15, -0.1) is 0 Å². The van der Waals surface area contributed by atoms with E-state index in [1.165, 1.54) is 0 Å². The first-order valence-electron chi connectivity index (χ1n) is 6.26. The van der Waals surface area contributed by atoms with E-state index < -0.39 is 0 Å². The van der Waals surface area contributed by atoms with Gasteiger partial charge in [-0.2, -0.15) is 0 Å². The van der Waals surface area contributed by atoms with Crippen LogP contribution in [-0.4, -0.2) is 5.11 Å². The van der Waals surface area contributed by atoms with Gasteiger partial charge in [-0.1, -0.05) is 37.6 Å². The number of para-hydroxylation sites is 1. The van der Waals surface area contributed by atoms with E-state index in [0.717, 1.165) is 29.7 Å². The molecule has 0 aliphatic carbocycles. The van der Waals surface area contributed by atoms with Gasteiger partial charge in [0.1, 0.15) is 5.75 Å². The minimum absolute atomic E-state index is 0.202. The van der Waals surface area contributed by atoms with Crippen LogP contribution in [0, 0.1) is 6.92 Å². The lowest BCUT2D eigenvalue weighted by Crippen LogP contribution is -1.95. The molecule has 2 aromatic carbocycles. The van der Waals surface area contributed by atoms with Crippen molar-refractivity contribution in [2.75, 3.05) is 0 Å². The van der Waals surface area contributed by atoms with Crippen LogP contribution < -0.4 is 4.74 Å². The molecule has 0 saturated carbocycles. The summed E-state index contributed by atoms with van der Waals surface area (Å²) in [5.74, 6) is 1.53. The summed E-state index contributed by atoms with van der Waals surface area (Å²) in [5.41, 5.74) is 2.24. The van der Waals surface area contributed by atoms with Gasteiger partial charge >= 0.3 is 0 Å². The highest BCUT2D eigenvalue weighted by molar-refractivity contribution is 5.51. The van der Waals surface area contributed by atoms with Gasteiger partial charge in [-0.05, 0) is 37.1 Å². The molecule has 0 bridgehead atoms. The number of hydrogen-bond donors (Lipinski definition) is 1. The first-order chi connectivity index (χ1) is 8.72. The minimum Gasteiger partial charge on any atom is -0.504 e. The van der Waals surface area contributed by atoms with Crippen molar-refractivity contribution in [3.05, 3.63) is 53.6 Å². The van der Waals surface area contributed by atoms with Gasteiger partial charge in [0.05, 0.1) is 0 Å². The monoisotopic (exact) mass is 242 g/mol. The Morgan fingerprint density at radius 2 is 1.78 bits per heavy atom. The van der Waals surface area contributed by atoms with Gasteiger partial charge in [0, 0.05) is 5.56 Å². The molecule has 0 atom stereocenters.